The van der Waals surface area contributed by atoms with Crippen LogP contribution in [-0.2, 0) is 0 Å². The van der Waals surface area contributed by atoms with E-state index in [1.54, 1.807) is 6.42 Å². The molecule has 7 rings (SSSR count). The molecule has 7 aliphatic rings. The minimum absolute atomic E-state index is 0.642. The standard InChI is InChI=1S/C22H38N2/c1-22(2)19-4-3-16(20(22)12-19)13-23-5-6-24-21-17-8-14-7-15(10-17)11-18(21)9-14/h14-21,23-24H,3-13H2,1-2H3/t14?,15?,16-,17?,18?,19-,20-,21?/m0/s1. The topological polar surface area (TPSA) is 24.1 Å². The summed E-state index contributed by atoms with van der Waals surface area (Å²) in [6, 6.07) is 0.862. The Kier molecular flexibility index (Phi) is 4.02. The van der Waals surface area contributed by atoms with Crippen LogP contribution >= 0.6 is 0 Å². The summed E-state index contributed by atoms with van der Waals surface area (Å²) in [4.78, 5) is 0. The van der Waals surface area contributed by atoms with Crippen LogP contribution in [-0.4, -0.2) is 25.7 Å². The molecule has 2 heteroatoms. The van der Waals surface area contributed by atoms with Crippen molar-refractivity contribution in [3.8, 4) is 0 Å². The molecular formula is C22H38N2. The largest absolute Gasteiger partial charge is 0.315 e. The van der Waals surface area contributed by atoms with Gasteiger partial charge in [-0.1, -0.05) is 13.8 Å². The second kappa shape index (κ2) is 5.98. The first kappa shape index (κ1) is 16.1. The van der Waals surface area contributed by atoms with Crippen molar-refractivity contribution in [2.45, 2.75) is 71.3 Å². The van der Waals surface area contributed by atoms with E-state index < -0.39 is 0 Å². The highest BCUT2D eigenvalue weighted by Crippen LogP contribution is 2.61. The highest BCUT2D eigenvalue weighted by molar-refractivity contribution is 5.04. The molecule has 0 amide bonds. The van der Waals surface area contributed by atoms with Crippen molar-refractivity contribution in [3.63, 3.8) is 0 Å². The highest BCUT2D eigenvalue weighted by Gasteiger charge is 2.53. The molecule has 136 valence electrons. The Morgan fingerprint density at radius 1 is 0.833 bits per heavy atom. The molecule has 2 nitrogen and oxygen atoms in total. The first-order valence-corrected chi connectivity index (χ1v) is 11.1. The Balaban J connectivity index is 1.04. The molecule has 3 atom stereocenters. The molecule has 0 saturated heterocycles. The third-order valence-electron chi connectivity index (χ3n) is 9.32. The van der Waals surface area contributed by atoms with Crippen LogP contribution in [0.1, 0.15) is 65.2 Å². The summed E-state index contributed by atoms with van der Waals surface area (Å²) in [6.45, 7) is 8.67. The van der Waals surface area contributed by atoms with Crippen molar-refractivity contribution in [1.82, 2.24) is 10.6 Å². The van der Waals surface area contributed by atoms with E-state index >= 15 is 0 Å². The smallest absolute Gasteiger partial charge is 0.0124 e. The molecule has 0 aliphatic heterocycles. The van der Waals surface area contributed by atoms with Gasteiger partial charge >= 0.3 is 0 Å². The maximum atomic E-state index is 3.98. The van der Waals surface area contributed by atoms with E-state index in [4.69, 9.17) is 0 Å². The lowest BCUT2D eigenvalue weighted by Gasteiger charge is -2.60. The average Bonchev–Trinajstić information content (AvgIpc) is 2.56. The van der Waals surface area contributed by atoms with Crippen LogP contribution in [0, 0.1) is 46.8 Å². The average molecular weight is 331 g/mol. The second-order valence-electron chi connectivity index (χ2n) is 10.8. The third kappa shape index (κ3) is 2.58. The number of fused-ring (bicyclic) bond motifs is 2. The van der Waals surface area contributed by atoms with E-state index in [0.717, 1.165) is 47.5 Å². The van der Waals surface area contributed by atoms with Gasteiger partial charge in [0.1, 0.15) is 0 Å². The Morgan fingerprint density at radius 3 is 2.17 bits per heavy atom. The Morgan fingerprint density at radius 2 is 1.54 bits per heavy atom. The lowest BCUT2D eigenvalue weighted by Crippen LogP contribution is -2.56. The van der Waals surface area contributed by atoms with Crippen LogP contribution in [0.15, 0.2) is 0 Å². The molecule has 7 fully saturated rings. The van der Waals surface area contributed by atoms with Crippen LogP contribution in [0.5, 0.6) is 0 Å². The van der Waals surface area contributed by atoms with Crippen LogP contribution in [0.4, 0.5) is 0 Å². The zero-order valence-electron chi connectivity index (χ0n) is 15.9. The number of rotatable bonds is 6. The lowest BCUT2D eigenvalue weighted by molar-refractivity contribution is -0.103. The minimum atomic E-state index is 0.642. The van der Waals surface area contributed by atoms with Gasteiger partial charge in [-0.2, -0.15) is 0 Å². The van der Waals surface area contributed by atoms with Crippen LogP contribution in [0.25, 0.3) is 0 Å². The SMILES string of the molecule is CC1(C)[C@H]2CC[C@@H](CNCCNC3C4CC5CC(C4)CC3C5)[C@@H]1C2. The summed E-state index contributed by atoms with van der Waals surface area (Å²) in [5.74, 6) is 7.23. The summed E-state index contributed by atoms with van der Waals surface area (Å²) in [7, 11) is 0. The third-order valence-corrected chi connectivity index (χ3v) is 9.32. The van der Waals surface area contributed by atoms with Crippen molar-refractivity contribution in [1.29, 1.82) is 0 Å². The van der Waals surface area contributed by atoms with Gasteiger partial charge < -0.3 is 10.6 Å². The Labute approximate surface area is 148 Å². The molecular weight excluding hydrogens is 292 g/mol. The molecule has 0 spiro atoms. The first-order chi connectivity index (χ1) is 11.6. The van der Waals surface area contributed by atoms with Gasteiger partial charge in [0.15, 0.2) is 0 Å². The van der Waals surface area contributed by atoms with Crippen molar-refractivity contribution < 1.29 is 0 Å². The molecule has 2 N–H and O–H groups in total. The normalized spacial score (nSPS) is 50.8. The second-order valence-corrected chi connectivity index (χ2v) is 10.8. The van der Waals surface area contributed by atoms with E-state index in [9.17, 15) is 0 Å². The highest BCUT2D eigenvalue weighted by atomic mass is 15.0. The summed E-state index contributed by atoms with van der Waals surface area (Å²) < 4.78 is 0. The number of hydrogen-bond donors (Lipinski definition) is 2. The van der Waals surface area contributed by atoms with Crippen LogP contribution in [0.2, 0.25) is 0 Å². The van der Waals surface area contributed by atoms with E-state index in [1.807, 2.05) is 0 Å². The van der Waals surface area contributed by atoms with Crippen molar-refractivity contribution in [3.05, 3.63) is 0 Å². The maximum Gasteiger partial charge on any atom is 0.0124 e. The van der Waals surface area contributed by atoms with E-state index in [-0.39, 0.29) is 0 Å². The minimum Gasteiger partial charge on any atom is -0.315 e. The molecule has 0 aromatic rings. The van der Waals surface area contributed by atoms with Gasteiger partial charge in [0.2, 0.25) is 0 Å². The summed E-state index contributed by atoms with van der Waals surface area (Å²) in [5, 5.41) is 7.79. The van der Waals surface area contributed by atoms with Gasteiger partial charge in [-0.3, -0.25) is 0 Å². The number of hydrogen-bond acceptors (Lipinski definition) is 2. The van der Waals surface area contributed by atoms with Gasteiger partial charge in [0, 0.05) is 19.1 Å². The van der Waals surface area contributed by atoms with Gasteiger partial charge in [-0.05, 0) is 105 Å². The Bertz CT molecular complexity index is 441. The van der Waals surface area contributed by atoms with Gasteiger partial charge in [-0.25, -0.2) is 0 Å². The predicted octanol–water partition coefficient (Wildman–Crippen LogP) is 4.06. The van der Waals surface area contributed by atoms with Crippen molar-refractivity contribution in [2.24, 2.45) is 46.8 Å². The van der Waals surface area contributed by atoms with E-state index in [2.05, 4.69) is 24.5 Å². The van der Waals surface area contributed by atoms with Crippen molar-refractivity contribution >= 4 is 0 Å². The zero-order valence-corrected chi connectivity index (χ0v) is 15.9. The zero-order chi connectivity index (χ0) is 16.3. The molecule has 0 aromatic heterocycles. The Hall–Kier alpha value is -0.0800. The fourth-order valence-electron chi connectivity index (χ4n) is 8.08. The molecule has 0 aromatic carbocycles. The lowest BCUT2D eigenvalue weighted by atomic mass is 9.45. The maximum absolute atomic E-state index is 3.98. The summed E-state index contributed by atoms with van der Waals surface area (Å²) >= 11 is 0. The molecule has 7 saturated carbocycles. The molecule has 6 bridgehead atoms. The van der Waals surface area contributed by atoms with Gasteiger partial charge in [-0.15, -0.1) is 0 Å². The van der Waals surface area contributed by atoms with E-state index in [1.165, 1.54) is 64.6 Å². The molecule has 7 aliphatic carbocycles. The van der Waals surface area contributed by atoms with Crippen molar-refractivity contribution in [2.75, 3.05) is 19.6 Å². The van der Waals surface area contributed by atoms with Gasteiger partial charge in [0.05, 0.1) is 0 Å². The van der Waals surface area contributed by atoms with Gasteiger partial charge in [0.25, 0.3) is 0 Å². The number of nitrogens with one attached hydrogen (secondary N) is 2. The predicted molar refractivity (Wildman–Crippen MR) is 99.8 cm³/mol. The quantitative estimate of drug-likeness (QED) is 0.718. The van der Waals surface area contributed by atoms with Crippen LogP contribution in [0.3, 0.4) is 0 Å². The molecule has 0 heterocycles. The fourth-order valence-corrected chi connectivity index (χ4v) is 8.08. The van der Waals surface area contributed by atoms with Crippen LogP contribution < -0.4 is 10.6 Å². The monoisotopic (exact) mass is 330 g/mol. The molecule has 0 unspecified atom stereocenters. The summed E-state index contributed by atoms with van der Waals surface area (Å²) in [5.41, 5.74) is 0.642. The van der Waals surface area contributed by atoms with E-state index in [0.29, 0.717) is 5.41 Å². The summed E-state index contributed by atoms with van der Waals surface area (Å²) in [6.07, 6.45) is 12.2. The molecule has 0 radical (unpaired) electrons. The molecule has 24 heavy (non-hydrogen) atoms. The first-order valence-electron chi connectivity index (χ1n) is 11.1. The fraction of sp³-hybridized carbons (Fsp3) is 1.00.